The highest BCUT2D eigenvalue weighted by molar-refractivity contribution is 5.50. The Hall–Kier alpha value is -2.94. The largest absolute Gasteiger partial charge is 0.454 e. The van der Waals surface area contributed by atoms with E-state index >= 15 is 0 Å². The van der Waals surface area contributed by atoms with Crippen molar-refractivity contribution in [1.82, 2.24) is 29.5 Å². The summed E-state index contributed by atoms with van der Waals surface area (Å²) in [4.78, 5) is 8.70. The molecule has 0 spiro atoms. The van der Waals surface area contributed by atoms with Crippen molar-refractivity contribution in [3.05, 3.63) is 42.5 Å². The number of nitrogens with zero attached hydrogens (tertiary/aromatic N) is 6. The molecular formula is C16H18N6O3. The van der Waals surface area contributed by atoms with Crippen LogP contribution in [0.1, 0.15) is 24.6 Å². The number of benzene rings is 1. The Morgan fingerprint density at radius 2 is 2.16 bits per heavy atom. The molecule has 0 bridgehead atoms. The van der Waals surface area contributed by atoms with Crippen LogP contribution in [-0.2, 0) is 11.2 Å². The molecule has 0 aliphatic carbocycles. The van der Waals surface area contributed by atoms with E-state index in [0.29, 0.717) is 24.6 Å². The first kappa shape index (κ1) is 15.6. The first-order valence-corrected chi connectivity index (χ1v) is 7.95. The standard InChI is InChI=1S/C16H18N6O3/c1-11(21-9-17-8-18-21)16-19-15(5-6-23-2)20-22(16)12-3-4-13-14(7-12)25-10-24-13/h3-4,7-9,11H,5-6,10H2,1-2H3. The maximum atomic E-state index is 5.47. The molecule has 9 nitrogen and oxygen atoms in total. The average Bonchev–Trinajstić information content (AvgIpc) is 3.38. The van der Waals surface area contributed by atoms with Crippen LogP contribution in [0.25, 0.3) is 5.69 Å². The van der Waals surface area contributed by atoms with Gasteiger partial charge in [0.25, 0.3) is 0 Å². The number of rotatable bonds is 6. The van der Waals surface area contributed by atoms with Crippen molar-refractivity contribution in [3.63, 3.8) is 0 Å². The van der Waals surface area contributed by atoms with E-state index in [4.69, 9.17) is 14.2 Å². The second-order valence-corrected chi connectivity index (χ2v) is 5.63. The number of hydrogen-bond acceptors (Lipinski definition) is 7. The number of ether oxygens (including phenoxy) is 3. The van der Waals surface area contributed by atoms with Gasteiger partial charge >= 0.3 is 0 Å². The van der Waals surface area contributed by atoms with Gasteiger partial charge in [0.1, 0.15) is 18.7 Å². The van der Waals surface area contributed by atoms with Gasteiger partial charge in [-0.2, -0.15) is 10.2 Å². The molecule has 3 heterocycles. The molecule has 0 N–H and O–H groups in total. The van der Waals surface area contributed by atoms with Crippen molar-refractivity contribution >= 4 is 0 Å². The lowest BCUT2D eigenvalue weighted by atomic mass is 10.2. The topological polar surface area (TPSA) is 89.1 Å². The van der Waals surface area contributed by atoms with Crippen molar-refractivity contribution in [2.24, 2.45) is 0 Å². The number of hydrogen-bond donors (Lipinski definition) is 0. The zero-order valence-electron chi connectivity index (χ0n) is 14.0. The maximum Gasteiger partial charge on any atom is 0.231 e. The predicted octanol–water partition coefficient (Wildman–Crippen LogP) is 1.39. The van der Waals surface area contributed by atoms with Gasteiger partial charge in [-0.15, -0.1) is 0 Å². The van der Waals surface area contributed by atoms with E-state index in [9.17, 15) is 0 Å². The van der Waals surface area contributed by atoms with E-state index in [0.717, 1.165) is 17.3 Å². The molecule has 25 heavy (non-hydrogen) atoms. The molecule has 0 saturated heterocycles. The summed E-state index contributed by atoms with van der Waals surface area (Å²) in [6.07, 6.45) is 3.80. The fraction of sp³-hybridized carbons (Fsp3) is 0.375. The summed E-state index contributed by atoms with van der Waals surface area (Å²) in [5.41, 5.74) is 0.849. The normalized spacial score (nSPS) is 14.0. The molecule has 0 amide bonds. The molecule has 1 aromatic carbocycles. The van der Waals surface area contributed by atoms with Gasteiger partial charge in [0.2, 0.25) is 6.79 Å². The number of aromatic nitrogens is 6. The lowest BCUT2D eigenvalue weighted by Crippen LogP contribution is -2.14. The van der Waals surface area contributed by atoms with Crippen molar-refractivity contribution in [2.75, 3.05) is 20.5 Å². The molecule has 4 rings (SSSR count). The van der Waals surface area contributed by atoms with E-state index in [1.807, 2.05) is 25.1 Å². The van der Waals surface area contributed by atoms with Gasteiger partial charge in [-0.3, -0.25) is 0 Å². The van der Waals surface area contributed by atoms with Gasteiger partial charge in [0, 0.05) is 19.6 Å². The minimum absolute atomic E-state index is 0.128. The highest BCUT2D eigenvalue weighted by atomic mass is 16.7. The molecule has 9 heteroatoms. The Kier molecular flexibility index (Phi) is 4.06. The summed E-state index contributed by atoms with van der Waals surface area (Å²) < 4.78 is 19.5. The summed E-state index contributed by atoms with van der Waals surface area (Å²) >= 11 is 0. The SMILES string of the molecule is COCCc1nc(C(C)n2cncn2)n(-c2ccc3c(c2)OCO3)n1. The number of methoxy groups -OCH3 is 1. The Bertz CT molecular complexity index is 861. The van der Waals surface area contributed by atoms with E-state index in [-0.39, 0.29) is 12.8 Å². The molecule has 3 aromatic rings. The van der Waals surface area contributed by atoms with Gasteiger partial charge in [0.15, 0.2) is 23.1 Å². The predicted molar refractivity (Wildman–Crippen MR) is 86.9 cm³/mol. The minimum atomic E-state index is -0.128. The smallest absolute Gasteiger partial charge is 0.231 e. The summed E-state index contributed by atoms with van der Waals surface area (Å²) in [5.74, 6) is 2.90. The third-order valence-electron chi connectivity index (χ3n) is 4.01. The van der Waals surface area contributed by atoms with Gasteiger partial charge in [-0.25, -0.2) is 19.3 Å². The molecule has 0 saturated carbocycles. The van der Waals surface area contributed by atoms with E-state index < -0.39 is 0 Å². The Labute approximate surface area is 144 Å². The molecule has 0 radical (unpaired) electrons. The van der Waals surface area contributed by atoms with Gasteiger partial charge in [-0.05, 0) is 19.1 Å². The van der Waals surface area contributed by atoms with Crippen molar-refractivity contribution < 1.29 is 14.2 Å². The van der Waals surface area contributed by atoms with Crippen LogP contribution < -0.4 is 9.47 Å². The van der Waals surface area contributed by atoms with Gasteiger partial charge in [-0.1, -0.05) is 0 Å². The Morgan fingerprint density at radius 3 is 2.96 bits per heavy atom. The van der Waals surface area contributed by atoms with Crippen LogP contribution in [0.4, 0.5) is 0 Å². The van der Waals surface area contributed by atoms with Crippen LogP contribution in [0.5, 0.6) is 11.5 Å². The van der Waals surface area contributed by atoms with Crippen LogP contribution in [0, 0.1) is 0 Å². The van der Waals surface area contributed by atoms with Crippen LogP contribution in [-0.4, -0.2) is 50.0 Å². The van der Waals surface area contributed by atoms with Crippen molar-refractivity contribution in [2.45, 2.75) is 19.4 Å². The summed E-state index contributed by atoms with van der Waals surface area (Å²) in [6, 6.07) is 5.57. The first-order valence-electron chi connectivity index (χ1n) is 7.95. The summed E-state index contributed by atoms with van der Waals surface area (Å²) in [7, 11) is 1.66. The van der Waals surface area contributed by atoms with Crippen molar-refractivity contribution in [1.29, 1.82) is 0 Å². The summed E-state index contributed by atoms with van der Waals surface area (Å²) in [6.45, 7) is 2.79. The fourth-order valence-electron chi connectivity index (χ4n) is 2.68. The molecule has 1 aliphatic heterocycles. The second-order valence-electron chi connectivity index (χ2n) is 5.63. The Balaban J connectivity index is 1.75. The van der Waals surface area contributed by atoms with Gasteiger partial charge < -0.3 is 14.2 Å². The highest BCUT2D eigenvalue weighted by Crippen LogP contribution is 2.34. The lowest BCUT2D eigenvalue weighted by Gasteiger charge is -2.12. The zero-order valence-corrected chi connectivity index (χ0v) is 14.0. The quantitative estimate of drug-likeness (QED) is 0.668. The minimum Gasteiger partial charge on any atom is -0.454 e. The molecule has 0 fully saturated rings. The Morgan fingerprint density at radius 1 is 1.28 bits per heavy atom. The highest BCUT2D eigenvalue weighted by Gasteiger charge is 2.21. The van der Waals surface area contributed by atoms with Crippen LogP contribution >= 0.6 is 0 Å². The van der Waals surface area contributed by atoms with Crippen LogP contribution in [0.3, 0.4) is 0 Å². The number of fused-ring (bicyclic) bond motifs is 1. The average molecular weight is 342 g/mol. The molecule has 1 aliphatic rings. The third-order valence-corrected chi connectivity index (χ3v) is 4.01. The molecule has 130 valence electrons. The molecule has 1 atom stereocenters. The van der Waals surface area contributed by atoms with E-state index in [1.54, 1.807) is 22.8 Å². The maximum absolute atomic E-state index is 5.47. The van der Waals surface area contributed by atoms with Crippen molar-refractivity contribution in [3.8, 4) is 17.2 Å². The second kappa shape index (κ2) is 6.52. The monoisotopic (exact) mass is 342 g/mol. The summed E-state index contributed by atoms with van der Waals surface area (Å²) in [5, 5.41) is 8.85. The zero-order chi connectivity index (χ0) is 17.2. The fourth-order valence-corrected chi connectivity index (χ4v) is 2.68. The van der Waals surface area contributed by atoms with Crippen LogP contribution in [0.2, 0.25) is 0 Å². The molecule has 1 unspecified atom stereocenters. The van der Waals surface area contributed by atoms with Crippen LogP contribution in [0.15, 0.2) is 30.9 Å². The lowest BCUT2D eigenvalue weighted by molar-refractivity contribution is 0.174. The van der Waals surface area contributed by atoms with E-state index in [1.165, 1.54) is 6.33 Å². The molecule has 2 aromatic heterocycles. The third kappa shape index (κ3) is 2.93. The first-order chi connectivity index (χ1) is 12.3. The van der Waals surface area contributed by atoms with Gasteiger partial charge in [0.05, 0.1) is 12.3 Å². The molecular weight excluding hydrogens is 324 g/mol. The van der Waals surface area contributed by atoms with E-state index in [2.05, 4.69) is 20.2 Å².